The molecule has 0 bridgehead atoms. The lowest BCUT2D eigenvalue weighted by Gasteiger charge is -2.22. The van der Waals surface area contributed by atoms with Crippen molar-refractivity contribution in [3.63, 3.8) is 0 Å². The lowest BCUT2D eigenvalue weighted by atomic mass is 9.92. The quantitative estimate of drug-likeness (QED) is 0.262. The number of hydrogen-bond donors (Lipinski definition) is 0. The molecule has 0 saturated carbocycles. The number of alkyl halides is 3. The average molecular weight is 454 g/mol. The first-order valence-electron chi connectivity index (χ1n) is 7.00. The highest BCUT2D eigenvalue weighted by molar-refractivity contribution is 14.1. The Balaban J connectivity index is 2.93. The molecule has 0 N–H and O–H groups in total. The van der Waals surface area contributed by atoms with E-state index in [4.69, 9.17) is 0 Å². The first-order valence-corrected chi connectivity index (χ1v) is 8.25. The highest BCUT2D eigenvalue weighted by Gasteiger charge is 2.44. The number of benzene rings is 1. The van der Waals surface area contributed by atoms with E-state index < -0.39 is 39.9 Å². The third-order valence-corrected chi connectivity index (χ3v) is 4.37. The molecule has 0 heterocycles. The van der Waals surface area contributed by atoms with Crippen molar-refractivity contribution >= 4 is 40.3 Å². The molecule has 0 aromatic heterocycles. The third kappa shape index (κ3) is 5.50. The van der Waals surface area contributed by atoms with Crippen molar-refractivity contribution in [2.24, 2.45) is 5.92 Å². The molecular formula is C16H17F2IO5. The van der Waals surface area contributed by atoms with Crippen LogP contribution in [-0.2, 0) is 19.1 Å². The number of ether oxygens (including phenoxy) is 2. The van der Waals surface area contributed by atoms with Crippen LogP contribution in [0.3, 0.4) is 0 Å². The summed E-state index contributed by atoms with van der Waals surface area (Å²) in [6.45, 7) is 0. The molecule has 2 unspecified atom stereocenters. The lowest BCUT2D eigenvalue weighted by Crippen LogP contribution is -2.36. The summed E-state index contributed by atoms with van der Waals surface area (Å²) in [6.07, 6.45) is -1.25. The van der Waals surface area contributed by atoms with E-state index in [-0.39, 0.29) is 12.0 Å². The Morgan fingerprint density at radius 3 is 2.12 bits per heavy atom. The van der Waals surface area contributed by atoms with Crippen molar-refractivity contribution in [1.29, 1.82) is 0 Å². The van der Waals surface area contributed by atoms with Gasteiger partial charge in [0.2, 0.25) is 5.78 Å². The van der Waals surface area contributed by atoms with Crippen LogP contribution in [0.15, 0.2) is 30.3 Å². The topological polar surface area (TPSA) is 69.7 Å². The second-order valence-electron chi connectivity index (χ2n) is 5.05. The molecule has 1 aromatic carbocycles. The van der Waals surface area contributed by atoms with Crippen LogP contribution in [0.4, 0.5) is 8.78 Å². The summed E-state index contributed by atoms with van der Waals surface area (Å²) in [7, 11) is 2.22. The zero-order valence-corrected chi connectivity index (χ0v) is 15.3. The molecule has 0 saturated heterocycles. The van der Waals surface area contributed by atoms with Gasteiger partial charge in [0.15, 0.2) is 0 Å². The first-order chi connectivity index (χ1) is 11.2. The van der Waals surface area contributed by atoms with Gasteiger partial charge in [-0.05, 0) is 6.42 Å². The van der Waals surface area contributed by atoms with Crippen molar-refractivity contribution in [3.05, 3.63) is 35.9 Å². The molecule has 0 spiro atoms. The molecule has 24 heavy (non-hydrogen) atoms. The molecule has 0 radical (unpaired) electrons. The minimum Gasteiger partial charge on any atom is -0.469 e. The van der Waals surface area contributed by atoms with Crippen molar-refractivity contribution in [1.82, 2.24) is 0 Å². The van der Waals surface area contributed by atoms with Crippen LogP contribution in [0.2, 0.25) is 0 Å². The highest BCUT2D eigenvalue weighted by Crippen LogP contribution is 2.32. The minimum atomic E-state index is -3.76. The van der Waals surface area contributed by atoms with Crippen LogP contribution in [0.5, 0.6) is 0 Å². The Hall–Kier alpha value is -1.58. The number of esters is 2. The summed E-state index contributed by atoms with van der Waals surface area (Å²) in [6, 6.07) is 7.10. The van der Waals surface area contributed by atoms with Crippen LogP contribution in [0.1, 0.15) is 23.2 Å². The van der Waals surface area contributed by atoms with Gasteiger partial charge in [-0.2, -0.15) is 8.78 Å². The number of carbonyl (C=O) groups excluding carboxylic acids is 3. The monoisotopic (exact) mass is 454 g/mol. The fourth-order valence-electron chi connectivity index (χ4n) is 2.11. The normalized spacial score (nSPS) is 13.7. The Morgan fingerprint density at radius 1 is 1.08 bits per heavy atom. The van der Waals surface area contributed by atoms with Crippen LogP contribution >= 0.6 is 22.6 Å². The maximum Gasteiger partial charge on any atom is 0.318 e. The van der Waals surface area contributed by atoms with Gasteiger partial charge in [-0.25, -0.2) is 0 Å². The summed E-state index contributed by atoms with van der Waals surface area (Å²) in [5, 5.41) is 0. The standard InChI is InChI=1S/C16H17F2IO5/c1-23-14(21)11(8-12(19)15(22)24-2)9-16(17,18)13(20)10-6-4-3-5-7-10/h3-7,11-12H,8-9H2,1-2H3. The predicted octanol–water partition coefficient (Wildman–Crippen LogP) is 3.05. The van der Waals surface area contributed by atoms with Gasteiger partial charge in [-0.1, -0.05) is 52.9 Å². The molecule has 5 nitrogen and oxygen atoms in total. The molecular weight excluding hydrogens is 437 g/mol. The van der Waals surface area contributed by atoms with Crippen molar-refractivity contribution < 1.29 is 32.6 Å². The van der Waals surface area contributed by atoms with Gasteiger partial charge in [-0.15, -0.1) is 0 Å². The SMILES string of the molecule is COC(=O)C(I)CC(CC(F)(F)C(=O)c1ccccc1)C(=O)OC. The summed E-state index contributed by atoms with van der Waals surface area (Å²) in [4.78, 5) is 35.2. The van der Waals surface area contributed by atoms with Crippen molar-refractivity contribution in [2.45, 2.75) is 22.7 Å². The van der Waals surface area contributed by atoms with Crippen LogP contribution in [0, 0.1) is 5.92 Å². The van der Waals surface area contributed by atoms with Gasteiger partial charge < -0.3 is 9.47 Å². The number of carbonyl (C=O) groups is 3. The van der Waals surface area contributed by atoms with Crippen LogP contribution in [0.25, 0.3) is 0 Å². The largest absolute Gasteiger partial charge is 0.469 e. The number of Topliss-reactive ketones (excluding diaryl/α,β-unsaturated/α-hetero) is 1. The zero-order chi connectivity index (χ0) is 18.3. The van der Waals surface area contributed by atoms with E-state index in [0.29, 0.717) is 0 Å². The Morgan fingerprint density at radius 2 is 1.62 bits per heavy atom. The number of hydrogen-bond acceptors (Lipinski definition) is 5. The number of rotatable bonds is 8. The van der Waals surface area contributed by atoms with Crippen molar-refractivity contribution in [2.75, 3.05) is 14.2 Å². The predicted molar refractivity (Wildman–Crippen MR) is 90.3 cm³/mol. The molecule has 0 aliphatic heterocycles. The maximum atomic E-state index is 14.3. The number of halogens is 3. The zero-order valence-electron chi connectivity index (χ0n) is 13.1. The number of ketones is 1. The van der Waals surface area contributed by atoms with Gasteiger partial charge in [0, 0.05) is 12.0 Å². The molecule has 0 aliphatic carbocycles. The molecule has 0 amide bonds. The lowest BCUT2D eigenvalue weighted by molar-refractivity contribution is -0.149. The maximum absolute atomic E-state index is 14.3. The smallest absolute Gasteiger partial charge is 0.318 e. The Kier molecular flexibility index (Phi) is 7.71. The highest BCUT2D eigenvalue weighted by atomic mass is 127. The summed E-state index contributed by atoms with van der Waals surface area (Å²) in [5.41, 5.74) is -0.148. The van der Waals surface area contributed by atoms with Gasteiger partial charge in [0.25, 0.3) is 0 Å². The van der Waals surface area contributed by atoms with Crippen molar-refractivity contribution in [3.8, 4) is 0 Å². The summed E-state index contributed by atoms with van der Waals surface area (Å²) in [5.74, 6) is -7.98. The second-order valence-corrected chi connectivity index (χ2v) is 6.55. The van der Waals surface area contributed by atoms with Crippen LogP contribution in [-0.4, -0.2) is 41.8 Å². The minimum absolute atomic E-state index is 0.148. The van der Waals surface area contributed by atoms with Gasteiger partial charge in [0.05, 0.1) is 20.1 Å². The van der Waals surface area contributed by atoms with E-state index in [1.54, 1.807) is 28.7 Å². The number of methoxy groups -OCH3 is 2. The fourth-order valence-corrected chi connectivity index (χ4v) is 2.97. The molecule has 1 rings (SSSR count). The van der Waals surface area contributed by atoms with Gasteiger partial charge in [-0.3, -0.25) is 14.4 Å². The molecule has 1 aromatic rings. The average Bonchev–Trinajstić information content (AvgIpc) is 2.59. The van der Waals surface area contributed by atoms with Gasteiger partial charge in [0.1, 0.15) is 3.92 Å². The van der Waals surface area contributed by atoms with Gasteiger partial charge >= 0.3 is 17.9 Å². The molecule has 8 heteroatoms. The van der Waals surface area contributed by atoms with E-state index in [9.17, 15) is 23.2 Å². The molecule has 0 aliphatic rings. The second kappa shape index (κ2) is 9.05. The summed E-state index contributed by atoms with van der Waals surface area (Å²) >= 11 is 1.70. The van der Waals surface area contributed by atoms with E-state index in [0.717, 1.165) is 14.2 Å². The van der Waals surface area contributed by atoms with E-state index in [1.807, 2.05) is 0 Å². The van der Waals surface area contributed by atoms with E-state index in [2.05, 4.69) is 9.47 Å². The fraction of sp³-hybridized carbons (Fsp3) is 0.438. The Bertz CT molecular complexity index is 591. The molecule has 0 fully saturated rings. The van der Waals surface area contributed by atoms with Crippen LogP contribution < -0.4 is 0 Å². The first kappa shape index (κ1) is 20.5. The third-order valence-electron chi connectivity index (χ3n) is 3.35. The van der Waals surface area contributed by atoms with E-state index >= 15 is 0 Å². The Labute approximate surface area is 151 Å². The molecule has 132 valence electrons. The molecule has 2 atom stereocenters. The summed E-state index contributed by atoms with van der Waals surface area (Å²) < 4.78 is 36.8. The van der Waals surface area contributed by atoms with E-state index in [1.165, 1.54) is 24.3 Å².